The number of benzene rings is 1. The van der Waals surface area contributed by atoms with Gasteiger partial charge in [0.25, 0.3) is 0 Å². The van der Waals surface area contributed by atoms with Gasteiger partial charge in [-0.25, -0.2) is 4.98 Å². The maximum absolute atomic E-state index is 5.83. The van der Waals surface area contributed by atoms with E-state index < -0.39 is 0 Å². The number of fused-ring (bicyclic) bond motifs is 1. The Kier molecular flexibility index (Phi) is 2.48. The molecule has 0 bridgehead atoms. The van der Waals surface area contributed by atoms with Crippen molar-refractivity contribution in [2.24, 2.45) is 0 Å². The van der Waals surface area contributed by atoms with Crippen molar-refractivity contribution in [3.63, 3.8) is 0 Å². The van der Waals surface area contributed by atoms with Crippen molar-refractivity contribution in [2.45, 2.75) is 18.9 Å². The number of hydrogen-bond acceptors (Lipinski definition) is 2. The number of H-pyrrole nitrogens is 1. The number of hydrogen-bond donors (Lipinski definition) is 1. The number of para-hydroxylation sites is 2. The van der Waals surface area contributed by atoms with E-state index in [0.29, 0.717) is 11.9 Å². The third-order valence-corrected chi connectivity index (χ3v) is 3.13. The van der Waals surface area contributed by atoms with Crippen LogP contribution in [0.3, 0.4) is 0 Å². The van der Waals surface area contributed by atoms with Crippen molar-refractivity contribution < 1.29 is 0 Å². The normalized spacial score (nSPS) is 15.6. The SMILES string of the molecule is ClCCN(c1nc2ccccc2[nH]1)C1CC1. The molecule has 1 saturated carbocycles. The number of aromatic nitrogens is 2. The molecule has 84 valence electrons. The molecule has 16 heavy (non-hydrogen) atoms. The summed E-state index contributed by atoms with van der Waals surface area (Å²) in [6.45, 7) is 0.867. The predicted octanol–water partition coefficient (Wildman–Crippen LogP) is 2.77. The van der Waals surface area contributed by atoms with Crippen LogP contribution in [0.2, 0.25) is 0 Å². The number of rotatable bonds is 4. The molecule has 1 heterocycles. The second-order valence-corrected chi connectivity index (χ2v) is 4.57. The van der Waals surface area contributed by atoms with E-state index in [0.717, 1.165) is 23.5 Å². The molecule has 0 radical (unpaired) electrons. The van der Waals surface area contributed by atoms with Gasteiger partial charge >= 0.3 is 0 Å². The van der Waals surface area contributed by atoms with Crippen molar-refractivity contribution in [2.75, 3.05) is 17.3 Å². The van der Waals surface area contributed by atoms with Gasteiger partial charge in [-0.05, 0) is 25.0 Å². The Labute approximate surface area is 99.4 Å². The Morgan fingerprint density at radius 2 is 2.19 bits per heavy atom. The number of halogens is 1. The molecule has 0 aliphatic heterocycles. The minimum atomic E-state index is 0.638. The first kappa shape index (κ1) is 9.97. The second-order valence-electron chi connectivity index (χ2n) is 4.19. The van der Waals surface area contributed by atoms with Gasteiger partial charge in [0.1, 0.15) is 0 Å². The summed E-state index contributed by atoms with van der Waals surface area (Å²) in [7, 11) is 0. The number of imidazole rings is 1. The van der Waals surface area contributed by atoms with E-state index in [4.69, 9.17) is 11.6 Å². The Morgan fingerprint density at radius 1 is 1.38 bits per heavy atom. The molecule has 0 spiro atoms. The van der Waals surface area contributed by atoms with Crippen LogP contribution >= 0.6 is 11.6 Å². The maximum atomic E-state index is 5.83. The van der Waals surface area contributed by atoms with E-state index in [-0.39, 0.29) is 0 Å². The van der Waals surface area contributed by atoms with Crippen LogP contribution in [0.4, 0.5) is 5.95 Å². The van der Waals surface area contributed by atoms with Crippen LogP contribution in [0.15, 0.2) is 24.3 Å². The fourth-order valence-corrected chi connectivity index (χ4v) is 2.20. The van der Waals surface area contributed by atoms with Gasteiger partial charge in [0, 0.05) is 18.5 Å². The van der Waals surface area contributed by atoms with Crippen molar-refractivity contribution in [1.29, 1.82) is 0 Å². The first-order valence-electron chi connectivity index (χ1n) is 5.66. The highest BCUT2D eigenvalue weighted by Gasteiger charge is 2.30. The first-order valence-corrected chi connectivity index (χ1v) is 6.19. The fraction of sp³-hybridized carbons (Fsp3) is 0.417. The second kappa shape index (κ2) is 3.98. The zero-order valence-corrected chi connectivity index (χ0v) is 9.74. The van der Waals surface area contributed by atoms with E-state index in [1.807, 2.05) is 18.2 Å². The minimum Gasteiger partial charge on any atom is -0.338 e. The van der Waals surface area contributed by atoms with Gasteiger partial charge in [0.15, 0.2) is 0 Å². The van der Waals surface area contributed by atoms with Crippen LogP contribution in [-0.2, 0) is 0 Å². The number of alkyl halides is 1. The fourth-order valence-electron chi connectivity index (χ4n) is 2.01. The number of nitrogens with one attached hydrogen (secondary N) is 1. The summed E-state index contributed by atoms with van der Waals surface area (Å²) in [5.74, 6) is 1.61. The first-order chi connectivity index (χ1) is 7.88. The zero-order valence-electron chi connectivity index (χ0n) is 8.99. The number of nitrogens with zero attached hydrogens (tertiary/aromatic N) is 2. The lowest BCUT2D eigenvalue weighted by atomic mass is 10.3. The lowest BCUT2D eigenvalue weighted by molar-refractivity contribution is 0.801. The molecule has 1 aliphatic carbocycles. The third kappa shape index (κ3) is 1.76. The molecule has 0 atom stereocenters. The Hall–Kier alpha value is -1.22. The van der Waals surface area contributed by atoms with Crippen molar-refractivity contribution in [3.8, 4) is 0 Å². The van der Waals surface area contributed by atoms with Gasteiger partial charge in [-0.3, -0.25) is 0 Å². The summed E-state index contributed by atoms with van der Waals surface area (Å²) in [6, 6.07) is 8.75. The highest BCUT2D eigenvalue weighted by molar-refractivity contribution is 6.18. The van der Waals surface area contributed by atoms with E-state index in [1.165, 1.54) is 12.8 Å². The average molecular weight is 236 g/mol. The topological polar surface area (TPSA) is 31.9 Å². The molecule has 1 N–H and O–H groups in total. The highest BCUT2D eigenvalue weighted by Crippen LogP contribution is 2.30. The highest BCUT2D eigenvalue weighted by atomic mass is 35.5. The summed E-state index contributed by atoms with van der Waals surface area (Å²) in [5.41, 5.74) is 2.12. The average Bonchev–Trinajstić information content (AvgIpc) is 3.04. The smallest absolute Gasteiger partial charge is 0.204 e. The van der Waals surface area contributed by atoms with Crippen molar-refractivity contribution in [1.82, 2.24) is 9.97 Å². The van der Waals surface area contributed by atoms with Crippen LogP contribution in [0.5, 0.6) is 0 Å². The predicted molar refractivity (Wildman–Crippen MR) is 67.2 cm³/mol. The summed E-state index contributed by atoms with van der Waals surface area (Å²) < 4.78 is 0. The molecule has 1 aromatic heterocycles. The van der Waals surface area contributed by atoms with E-state index >= 15 is 0 Å². The molecule has 1 aliphatic rings. The molecular weight excluding hydrogens is 222 g/mol. The minimum absolute atomic E-state index is 0.638. The summed E-state index contributed by atoms with van der Waals surface area (Å²) in [4.78, 5) is 10.2. The van der Waals surface area contributed by atoms with Gasteiger partial charge in [-0.2, -0.15) is 0 Å². The maximum Gasteiger partial charge on any atom is 0.204 e. The van der Waals surface area contributed by atoms with E-state index in [1.54, 1.807) is 0 Å². The van der Waals surface area contributed by atoms with Crippen LogP contribution in [0.25, 0.3) is 11.0 Å². The van der Waals surface area contributed by atoms with Gasteiger partial charge in [0.2, 0.25) is 5.95 Å². The van der Waals surface area contributed by atoms with E-state index in [9.17, 15) is 0 Å². The van der Waals surface area contributed by atoms with Gasteiger partial charge in [-0.1, -0.05) is 12.1 Å². The summed E-state index contributed by atoms with van der Waals surface area (Å²) in [5, 5.41) is 0. The number of anilines is 1. The van der Waals surface area contributed by atoms with Crippen LogP contribution in [0.1, 0.15) is 12.8 Å². The number of aromatic amines is 1. The summed E-state index contributed by atoms with van der Waals surface area (Å²) in [6.07, 6.45) is 2.52. The largest absolute Gasteiger partial charge is 0.338 e. The molecule has 3 rings (SSSR count). The lowest BCUT2D eigenvalue weighted by Gasteiger charge is -2.19. The molecule has 1 fully saturated rings. The lowest BCUT2D eigenvalue weighted by Crippen LogP contribution is -2.28. The zero-order chi connectivity index (χ0) is 11.0. The molecule has 0 unspecified atom stereocenters. The molecular formula is C12H14ClN3. The monoisotopic (exact) mass is 235 g/mol. The van der Waals surface area contributed by atoms with Crippen LogP contribution in [0, 0.1) is 0 Å². The third-order valence-electron chi connectivity index (χ3n) is 2.96. The molecule has 1 aromatic carbocycles. The Morgan fingerprint density at radius 3 is 2.88 bits per heavy atom. The van der Waals surface area contributed by atoms with E-state index in [2.05, 4.69) is 20.9 Å². The molecule has 4 heteroatoms. The quantitative estimate of drug-likeness (QED) is 0.827. The Bertz CT molecular complexity index is 457. The molecule has 2 aromatic rings. The van der Waals surface area contributed by atoms with Gasteiger partial charge < -0.3 is 9.88 Å². The summed E-state index contributed by atoms with van der Waals surface area (Å²) >= 11 is 5.83. The molecule has 3 nitrogen and oxygen atoms in total. The Balaban J connectivity index is 1.96. The van der Waals surface area contributed by atoms with Crippen LogP contribution < -0.4 is 4.90 Å². The van der Waals surface area contributed by atoms with Gasteiger partial charge in [0.05, 0.1) is 11.0 Å². The molecule has 0 saturated heterocycles. The molecule has 0 amide bonds. The van der Waals surface area contributed by atoms with Gasteiger partial charge in [-0.15, -0.1) is 11.6 Å². The van der Waals surface area contributed by atoms with Crippen molar-refractivity contribution in [3.05, 3.63) is 24.3 Å². The van der Waals surface area contributed by atoms with Crippen LogP contribution in [-0.4, -0.2) is 28.4 Å². The standard InChI is InChI=1S/C12H14ClN3/c13-7-8-16(9-5-6-9)12-14-10-3-1-2-4-11(10)15-12/h1-4,9H,5-8H2,(H,14,15). The van der Waals surface area contributed by atoms with Crippen molar-refractivity contribution >= 4 is 28.6 Å².